The lowest BCUT2D eigenvalue weighted by Gasteiger charge is -2.35. The van der Waals surface area contributed by atoms with Gasteiger partial charge in [0.05, 0.1) is 17.4 Å². The Labute approximate surface area is 143 Å². The first-order chi connectivity index (χ1) is 11.9. The van der Waals surface area contributed by atoms with Gasteiger partial charge in [-0.1, -0.05) is 0 Å². The molecule has 1 aliphatic heterocycles. The minimum atomic E-state index is -4.38. The van der Waals surface area contributed by atoms with Crippen LogP contribution in [0.3, 0.4) is 0 Å². The van der Waals surface area contributed by atoms with Gasteiger partial charge in [-0.05, 0) is 36.4 Å². The highest BCUT2D eigenvalue weighted by Crippen LogP contribution is 2.29. The molecule has 0 aliphatic carbocycles. The highest BCUT2D eigenvalue weighted by Gasteiger charge is 2.30. The predicted molar refractivity (Wildman–Crippen MR) is 88.5 cm³/mol. The SMILES string of the molecule is O=C(Nc1ccc(C(F)(F)F)cc1)N1CCN(c2cccnc2)CC1. The number of nitrogens with zero attached hydrogens (tertiary/aromatic N) is 3. The number of hydrogen-bond acceptors (Lipinski definition) is 3. The number of benzene rings is 1. The quantitative estimate of drug-likeness (QED) is 0.902. The Kier molecular flexibility index (Phi) is 4.78. The fraction of sp³-hybridized carbons (Fsp3) is 0.294. The van der Waals surface area contributed by atoms with E-state index >= 15 is 0 Å². The summed E-state index contributed by atoms with van der Waals surface area (Å²) in [7, 11) is 0. The number of carbonyl (C=O) groups excluding carboxylic acids is 1. The lowest BCUT2D eigenvalue weighted by atomic mass is 10.2. The number of anilines is 2. The first kappa shape index (κ1) is 17.1. The lowest BCUT2D eigenvalue weighted by molar-refractivity contribution is -0.137. The van der Waals surface area contributed by atoms with Crippen molar-refractivity contribution >= 4 is 17.4 Å². The number of alkyl halides is 3. The van der Waals surface area contributed by atoms with Crippen molar-refractivity contribution in [2.24, 2.45) is 0 Å². The Hall–Kier alpha value is -2.77. The summed E-state index contributed by atoms with van der Waals surface area (Å²) in [6.45, 7) is 2.40. The van der Waals surface area contributed by atoms with E-state index in [1.165, 1.54) is 12.1 Å². The van der Waals surface area contributed by atoms with Crippen molar-refractivity contribution in [3.8, 4) is 0 Å². The molecule has 1 N–H and O–H groups in total. The number of aromatic nitrogens is 1. The standard InChI is InChI=1S/C17H17F3N4O/c18-17(19,20)13-3-5-14(6-4-13)22-16(25)24-10-8-23(9-11-24)15-2-1-7-21-12-15/h1-7,12H,8-11H2,(H,22,25). The molecule has 0 radical (unpaired) electrons. The third kappa shape index (κ3) is 4.20. The molecule has 5 nitrogen and oxygen atoms in total. The largest absolute Gasteiger partial charge is 0.416 e. The number of rotatable bonds is 2. The number of hydrogen-bond donors (Lipinski definition) is 1. The fourth-order valence-electron chi connectivity index (χ4n) is 2.65. The van der Waals surface area contributed by atoms with Crippen molar-refractivity contribution in [1.29, 1.82) is 0 Å². The maximum atomic E-state index is 12.5. The zero-order chi connectivity index (χ0) is 17.9. The molecular weight excluding hydrogens is 333 g/mol. The van der Waals surface area contributed by atoms with Crippen molar-refractivity contribution in [3.05, 3.63) is 54.4 Å². The molecule has 2 amide bonds. The van der Waals surface area contributed by atoms with Crippen LogP contribution in [0.1, 0.15) is 5.56 Å². The summed E-state index contributed by atoms with van der Waals surface area (Å²) in [5.41, 5.74) is 0.605. The summed E-state index contributed by atoms with van der Waals surface area (Å²) in [5, 5.41) is 2.63. The van der Waals surface area contributed by atoms with Gasteiger partial charge in [0.25, 0.3) is 0 Å². The molecule has 2 aromatic rings. The summed E-state index contributed by atoms with van der Waals surface area (Å²) in [5.74, 6) is 0. The molecule has 132 valence electrons. The molecule has 0 saturated carbocycles. The van der Waals surface area contributed by atoms with Crippen LogP contribution < -0.4 is 10.2 Å². The van der Waals surface area contributed by atoms with E-state index < -0.39 is 11.7 Å². The first-order valence-corrected chi connectivity index (χ1v) is 7.81. The first-order valence-electron chi connectivity index (χ1n) is 7.81. The predicted octanol–water partition coefficient (Wildman–Crippen LogP) is 3.45. The molecule has 3 rings (SSSR count). The molecule has 1 fully saturated rings. The maximum absolute atomic E-state index is 12.5. The molecule has 1 aliphatic rings. The lowest BCUT2D eigenvalue weighted by Crippen LogP contribution is -2.50. The number of piperazine rings is 1. The molecule has 0 unspecified atom stereocenters. The molecule has 0 bridgehead atoms. The number of urea groups is 1. The second kappa shape index (κ2) is 7.00. The van der Waals surface area contributed by atoms with E-state index in [0.29, 0.717) is 31.9 Å². The molecule has 8 heteroatoms. The molecule has 0 spiro atoms. The van der Waals surface area contributed by atoms with Crippen LogP contribution >= 0.6 is 0 Å². The fourth-order valence-corrected chi connectivity index (χ4v) is 2.65. The highest BCUT2D eigenvalue weighted by molar-refractivity contribution is 5.89. The van der Waals surface area contributed by atoms with Crippen LogP contribution in [0.25, 0.3) is 0 Å². The van der Waals surface area contributed by atoms with Crippen LogP contribution in [0.15, 0.2) is 48.8 Å². The van der Waals surface area contributed by atoms with E-state index in [-0.39, 0.29) is 6.03 Å². The average Bonchev–Trinajstić information content (AvgIpc) is 2.62. The van der Waals surface area contributed by atoms with Crippen LogP contribution in [0, 0.1) is 0 Å². The summed E-state index contributed by atoms with van der Waals surface area (Å²) in [6, 6.07) is 7.93. The van der Waals surface area contributed by atoms with Gasteiger partial charge in [0.1, 0.15) is 0 Å². The molecule has 25 heavy (non-hydrogen) atoms. The van der Waals surface area contributed by atoms with Gasteiger partial charge in [-0.2, -0.15) is 13.2 Å². The number of halogens is 3. The molecule has 1 aromatic heterocycles. The zero-order valence-corrected chi connectivity index (χ0v) is 13.3. The van der Waals surface area contributed by atoms with Crippen LogP contribution in [-0.4, -0.2) is 42.1 Å². The van der Waals surface area contributed by atoms with Crippen molar-refractivity contribution < 1.29 is 18.0 Å². The monoisotopic (exact) mass is 350 g/mol. The van der Waals surface area contributed by atoms with Gasteiger partial charge in [0, 0.05) is 38.1 Å². The van der Waals surface area contributed by atoms with E-state index in [9.17, 15) is 18.0 Å². The van der Waals surface area contributed by atoms with Gasteiger partial charge >= 0.3 is 12.2 Å². The Balaban J connectivity index is 1.54. The van der Waals surface area contributed by atoms with Gasteiger partial charge in [0.15, 0.2) is 0 Å². The molecule has 0 atom stereocenters. The summed E-state index contributed by atoms with van der Waals surface area (Å²) < 4.78 is 37.6. The van der Waals surface area contributed by atoms with Gasteiger partial charge < -0.3 is 15.1 Å². The second-order valence-electron chi connectivity index (χ2n) is 5.69. The third-order valence-electron chi connectivity index (χ3n) is 4.04. The van der Waals surface area contributed by atoms with E-state index in [1.54, 1.807) is 17.3 Å². The highest BCUT2D eigenvalue weighted by atomic mass is 19.4. The number of amides is 2. The minimum Gasteiger partial charge on any atom is -0.367 e. The van der Waals surface area contributed by atoms with Crippen LogP contribution in [0.4, 0.5) is 29.3 Å². The van der Waals surface area contributed by atoms with Crippen molar-refractivity contribution in [1.82, 2.24) is 9.88 Å². The molecule has 2 heterocycles. The van der Waals surface area contributed by atoms with Crippen molar-refractivity contribution in [2.45, 2.75) is 6.18 Å². The van der Waals surface area contributed by atoms with Crippen LogP contribution in [0.5, 0.6) is 0 Å². The Morgan fingerprint density at radius 1 is 1.04 bits per heavy atom. The van der Waals surface area contributed by atoms with E-state index in [1.807, 2.05) is 12.1 Å². The van der Waals surface area contributed by atoms with Gasteiger partial charge in [-0.15, -0.1) is 0 Å². The minimum absolute atomic E-state index is 0.314. The number of pyridine rings is 1. The van der Waals surface area contributed by atoms with Gasteiger partial charge in [-0.3, -0.25) is 4.98 Å². The van der Waals surface area contributed by atoms with Crippen molar-refractivity contribution in [2.75, 3.05) is 36.4 Å². The zero-order valence-electron chi connectivity index (χ0n) is 13.3. The molecule has 1 saturated heterocycles. The summed E-state index contributed by atoms with van der Waals surface area (Å²) >= 11 is 0. The smallest absolute Gasteiger partial charge is 0.367 e. The third-order valence-corrected chi connectivity index (χ3v) is 4.04. The second-order valence-corrected chi connectivity index (χ2v) is 5.69. The average molecular weight is 350 g/mol. The van der Waals surface area contributed by atoms with Gasteiger partial charge in [0.2, 0.25) is 0 Å². The topological polar surface area (TPSA) is 48.5 Å². The Bertz CT molecular complexity index is 711. The van der Waals surface area contributed by atoms with E-state index in [0.717, 1.165) is 17.8 Å². The van der Waals surface area contributed by atoms with Crippen LogP contribution in [-0.2, 0) is 6.18 Å². The molecule has 1 aromatic carbocycles. The molecular formula is C17H17F3N4O. The van der Waals surface area contributed by atoms with Crippen LogP contribution in [0.2, 0.25) is 0 Å². The normalized spacial score (nSPS) is 15.2. The summed E-state index contributed by atoms with van der Waals surface area (Å²) in [4.78, 5) is 20.1. The Morgan fingerprint density at radius 3 is 2.28 bits per heavy atom. The number of carbonyl (C=O) groups is 1. The van der Waals surface area contributed by atoms with E-state index in [2.05, 4.69) is 15.2 Å². The van der Waals surface area contributed by atoms with Gasteiger partial charge in [-0.25, -0.2) is 4.79 Å². The van der Waals surface area contributed by atoms with Crippen molar-refractivity contribution in [3.63, 3.8) is 0 Å². The summed E-state index contributed by atoms with van der Waals surface area (Å²) in [6.07, 6.45) is -0.902. The van der Waals surface area contributed by atoms with E-state index in [4.69, 9.17) is 0 Å². The maximum Gasteiger partial charge on any atom is 0.416 e. The Morgan fingerprint density at radius 2 is 1.72 bits per heavy atom. The number of nitrogens with one attached hydrogen (secondary N) is 1.